The van der Waals surface area contributed by atoms with Gasteiger partial charge in [-0.25, -0.2) is 29.5 Å². The molecule has 0 aliphatic carbocycles. The first-order valence-electron chi connectivity index (χ1n) is 8.31. The van der Waals surface area contributed by atoms with Gasteiger partial charge in [0.2, 0.25) is 0 Å². The second-order valence-corrected chi connectivity index (χ2v) is 5.93. The summed E-state index contributed by atoms with van der Waals surface area (Å²) in [6.45, 7) is 0. The number of benzene rings is 2. The minimum absolute atomic E-state index is 0.0515. The van der Waals surface area contributed by atoms with Gasteiger partial charge in [0.25, 0.3) is 11.8 Å². The summed E-state index contributed by atoms with van der Waals surface area (Å²) in [5.41, 5.74) is 0.537. The summed E-state index contributed by atoms with van der Waals surface area (Å²) in [6.07, 6.45) is 2.76. The lowest BCUT2D eigenvalue weighted by Gasteiger charge is -2.03. The standard InChI is InChI=1S/C20H10N4O4/c25-19-11-5-1-3-7-13(11)23-17(27-19)15-9-22-16(10-21-15)18-24-14-8-4-2-6-12(14)20(26)28-18/h1-10H. The zero-order valence-electron chi connectivity index (χ0n) is 14.2. The lowest BCUT2D eigenvalue weighted by Crippen LogP contribution is -2.05. The molecule has 0 radical (unpaired) electrons. The highest BCUT2D eigenvalue weighted by Crippen LogP contribution is 2.19. The van der Waals surface area contributed by atoms with Crippen molar-refractivity contribution in [2.75, 3.05) is 0 Å². The van der Waals surface area contributed by atoms with E-state index in [0.29, 0.717) is 21.8 Å². The summed E-state index contributed by atoms with van der Waals surface area (Å²) in [4.78, 5) is 41.3. The maximum absolute atomic E-state index is 12.1. The molecule has 0 fully saturated rings. The van der Waals surface area contributed by atoms with Gasteiger partial charge in [-0.3, -0.25) is 0 Å². The van der Waals surface area contributed by atoms with Crippen molar-refractivity contribution < 1.29 is 8.83 Å². The van der Waals surface area contributed by atoms with Crippen molar-refractivity contribution in [2.45, 2.75) is 0 Å². The van der Waals surface area contributed by atoms with E-state index >= 15 is 0 Å². The predicted octanol–water partition coefficient (Wildman–Crippen LogP) is 2.81. The zero-order chi connectivity index (χ0) is 19.1. The smallest absolute Gasteiger partial charge is 0.347 e. The van der Waals surface area contributed by atoms with E-state index in [2.05, 4.69) is 19.9 Å². The molecule has 0 aliphatic rings. The molecule has 5 rings (SSSR count). The number of hydrogen-bond acceptors (Lipinski definition) is 8. The summed E-state index contributed by atoms with van der Waals surface area (Å²) in [7, 11) is 0. The summed E-state index contributed by atoms with van der Waals surface area (Å²) >= 11 is 0. The molecule has 8 heteroatoms. The lowest BCUT2D eigenvalue weighted by molar-refractivity contribution is 0.512. The van der Waals surface area contributed by atoms with E-state index in [1.165, 1.54) is 12.4 Å². The van der Waals surface area contributed by atoms with Gasteiger partial charge in [-0.05, 0) is 24.3 Å². The molecular weight excluding hydrogens is 360 g/mol. The number of fused-ring (bicyclic) bond motifs is 2. The van der Waals surface area contributed by atoms with Gasteiger partial charge in [0, 0.05) is 0 Å². The Kier molecular flexibility index (Phi) is 3.55. The van der Waals surface area contributed by atoms with Gasteiger partial charge in [-0.2, -0.15) is 0 Å². The molecule has 28 heavy (non-hydrogen) atoms. The number of rotatable bonds is 2. The molecule has 0 N–H and O–H groups in total. The Morgan fingerprint density at radius 1 is 0.607 bits per heavy atom. The van der Waals surface area contributed by atoms with Crippen LogP contribution in [-0.4, -0.2) is 19.9 Å². The molecule has 0 spiro atoms. The van der Waals surface area contributed by atoms with Gasteiger partial charge in [0.1, 0.15) is 11.4 Å². The molecule has 0 aliphatic heterocycles. The SMILES string of the molecule is O=c1oc(-c2cnc(-c3nc4ccccc4c(=O)o3)cn2)nc2ccccc12. The highest BCUT2D eigenvalue weighted by atomic mass is 16.4. The molecule has 2 aromatic carbocycles. The van der Waals surface area contributed by atoms with Crippen molar-refractivity contribution in [3.05, 3.63) is 81.8 Å². The van der Waals surface area contributed by atoms with Gasteiger partial charge in [0.05, 0.1) is 34.2 Å². The maximum Gasteiger partial charge on any atom is 0.347 e. The van der Waals surface area contributed by atoms with Crippen molar-refractivity contribution in [3.63, 3.8) is 0 Å². The van der Waals surface area contributed by atoms with Gasteiger partial charge >= 0.3 is 11.3 Å². The lowest BCUT2D eigenvalue weighted by atomic mass is 10.2. The number of nitrogens with zero attached hydrogens (tertiary/aromatic N) is 4. The van der Waals surface area contributed by atoms with Crippen LogP contribution in [0.5, 0.6) is 0 Å². The molecule has 8 nitrogen and oxygen atoms in total. The molecule has 0 atom stereocenters. The topological polar surface area (TPSA) is 112 Å². The highest BCUT2D eigenvalue weighted by Gasteiger charge is 2.13. The number of para-hydroxylation sites is 2. The minimum atomic E-state index is -0.506. The summed E-state index contributed by atoms with van der Waals surface area (Å²) in [6, 6.07) is 13.7. The third-order valence-corrected chi connectivity index (χ3v) is 4.16. The van der Waals surface area contributed by atoms with Crippen LogP contribution in [0.3, 0.4) is 0 Å². The Balaban J connectivity index is 1.58. The van der Waals surface area contributed by atoms with Gasteiger partial charge < -0.3 is 8.83 Å². The fraction of sp³-hybridized carbons (Fsp3) is 0. The predicted molar refractivity (Wildman–Crippen MR) is 101 cm³/mol. The van der Waals surface area contributed by atoms with Crippen molar-refractivity contribution in [1.82, 2.24) is 19.9 Å². The highest BCUT2D eigenvalue weighted by molar-refractivity contribution is 5.79. The Bertz CT molecular complexity index is 1340. The molecular formula is C20H10N4O4. The first-order chi connectivity index (χ1) is 13.7. The zero-order valence-corrected chi connectivity index (χ0v) is 14.2. The average molecular weight is 370 g/mol. The fourth-order valence-electron chi connectivity index (χ4n) is 2.81. The fourth-order valence-corrected chi connectivity index (χ4v) is 2.81. The van der Waals surface area contributed by atoms with Crippen LogP contribution in [0.1, 0.15) is 0 Å². The van der Waals surface area contributed by atoms with Crippen LogP contribution < -0.4 is 11.3 Å². The maximum atomic E-state index is 12.1. The molecule has 3 heterocycles. The van der Waals surface area contributed by atoms with Crippen molar-refractivity contribution in [3.8, 4) is 23.2 Å². The monoisotopic (exact) mass is 370 g/mol. The van der Waals surface area contributed by atoms with E-state index in [9.17, 15) is 9.59 Å². The van der Waals surface area contributed by atoms with Crippen molar-refractivity contribution >= 4 is 21.8 Å². The molecule has 0 bridgehead atoms. The van der Waals surface area contributed by atoms with Crippen molar-refractivity contribution in [1.29, 1.82) is 0 Å². The Morgan fingerprint density at radius 3 is 1.46 bits per heavy atom. The van der Waals surface area contributed by atoms with E-state index in [1.54, 1.807) is 48.5 Å². The number of hydrogen-bond donors (Lipinski definition) is 0. The van der Waals surface area contributed by atoms with Gasteiger partial charge in [-0.15, -0.1) is 0 Å². The summed E-state index contributed by atoms with van der Waals surface area (Å²) in [5, 5.41) is 0.774. The minimum Gasteiger partial charge on any atom is -0.401 e. The first-order valence-corrected chi connectivity index (χ1v) is 8.31. The largest absolute Gasteiger partial charge is 0.401 e. The van der Waals surface area contributed by atoms with E-state index in [0.717, 1.165) is 0 Å². The first kappa shape index (κ1) is 16.0. The van der Waals surface area contributed by atoms with Crippen LogP contribution in [0.2, 0.25) is 0 Å². The molecule has 3 aromatic heterocycles. The van der Waals surface area contributed by atoms with E-state index in [1.807, 2.05) is 0 Å². The van der Waals surface area contributed by atoms with Crippen LogP contribution in [0.25, 0.3) is 45.0 Å². The molecule has 0 saturated carbocycles. The Labute approximate surface area is 156 Å². The normalized spacial score (nSPS) is 11.1. The Hall–Kier alpha value is -4.20. The van der Waals surface area contributed by atoms with Crippen LogP contribution in [0, 0.1) is 0 Å². The van der Waals surface area contributed by atoms with Crippen LogP contribution in [0.4, 0.5) is 0 Å². The van der Waals surface area contributed by atoms with Crippen LogP contribution >= 0.6 is 0 Å². The summed E-state index contributed by atoms with van der Waals surface area (Å²) in [5.74, 6) is 0.103. The van der Waals surface area contributed by atoms with Gasteiger partial charge in [0.15, 0.2) is 0 Å². The van der Waals surface area contributed by atoms with Gasteiger partial charge in [-0.1, -0.05) is 24.3 Å². The number of aromatic nitrogens is 4. The summed E-state index contributed by atoms with van der Waals surface area (Å²) < 4.78 is 10.5. The molecule has 0 amide bonds. The average Bonchev–Trinajstić information content (AvgIpc) is 2.74. The van der Waals surface area contributed by atoms with E-state index in [4.69, 9.17) is 8.83 Å². The van der Waals surface area contributed by atoms with Crippen molar-refractivity contribution in [2.24, 2.45) is 0 Å². The second-order valence-electron chi connectivity index (χ2n) is 5.93. The molecule has 0 unspecified atom stereocenters. The van der Waals surface area contributed by atoms with Crippen LogP contribution in [-0.2, 0) is 0 Å². The second kappa shape index (κ2) is 6.20. The Morgan fingerprint density at radius 2 is 1.04 bits per heavy atom. The van der Waals surface area contributed by atoms with E-state index < -0.39 is 11.3 Å². The van der Waals surface area contributed by atoms with Crippen LogP contribution in [0.15, 0.2) is 79.3 Å². The molecule has 134 valence electrons. The third-order valence-electron chi connectivity index (χ3n) is 4.16. The molecule has 5 aromatic rings. The molecule has 0 saturated heterocycles. The quantitative estimate of drug-likeness (QED) is 0.466. The van der Waals surface area contributed by atoms with E-state index in [-0.39, 0.29) is 23.2 Å². The third kappa shape index (κ3) is 2.64.